The van der Waals surface area contributed by atoms with Crippen LogP contribution in [0.15, 0.2) is 368 Å². The molecule has 0 amide bonds. The Hall–Kier alpha value is -15.2. The van der Waals surface area contributed by atoms with Gasteiger partial charge in [0.05, 0.1) is 60.9 Å². The molecule has 0 unspecified atom stereocenters. The lowest BCUT2D eigenvalue weighted by Crippen LogP contribution is -2.15. The van der Waals surface area contributed by atoms with Crippen molar-refractivity contribution in [3.05, 3.63) is 375 Å². The van der Waals surface area contributed by atoms with Crippen molar-refractivity contribution in [1.29, 1.82) is 0 Å². The fourth-order valence-corrected chi connectivity index (χ4v) is 19.7. The van der Waals surface area contributed by atoms with E-state index in [2.05, 4.69) is 389 Å². The molecule has 0 radical (unpaired) electrons. The Morgan fingerprint density at radius 2 is 0.600 bits per heavy atom. The van der Waals surface area contributed by atoms with Crippen molar-refractivity contribution in [3.8, 4) is 84.9 Å². The maximum Gasteiger partial charge on any atom is 0.240 e. The summed E-state index contributed by atoms with van der Waals surface area (Å²) in [5.74, 6) is 1.57. The number of rotatable bonds is 9. The summed E-state index contributed by atoms with van der Waals surface area (Å²) in [4.78, 5) is 17.5. The topological polar surface area (TPSA) is 76.5 Å². The van der Waals surface area contributed by atoms with E-state index in [4.69, 9.17) is 19.4 Å². The van der Waals surface area contributed by atoms with Crippen LogP contribution in [0.5, 0.6) is 0 Å². The summed E-state index contributed by atoms with van der Waals surface area (Å²) in [7, 11) is 0. The van der Waals surface area contributed by atoms with Gasteiger partial charge >= 0.3 is 0 Å². The molecule has 0 bridgehead atoms. The number of aromatic nitrogens is 8. The maximum absolute atomic E-state index is 6.34. The van der Waals surface area contributed by atoms with Crippen molar-refractivity contribution in [2.75, 3.05) is 0 Å². The molecule has 0 spiro atoms. The highest BCUT2D eigenvalue weighted by atomic mass is 16.3. The Balaban J connectivity index is 0.720. The molecule has 17 aromatic carbocycles. The number of hydrogen-bond acceptors (Lipinski definition) is 4. The summed E-state index contributed by atoms with van der Waals surface area (Å²) >= 11 is 0. The van der Waals surface area contributed by atoms with Gasteiger partial charge in [-0.2, -0.15) is 15.0 Å². The van der Waals surface area contributed by atoms with E-state index in [1.54, 1.807) is 0 Å². The molecule has 7 aromatic heterocycles. The lowest BCUT2D eigenvalue weighted by atomic mass is 9.82. The van der Waals surface area contributed by atoms with Crippen LogP contribution in [0.2, 0.25) is 0 Å². The Morgan fingerprint density at radius 1 is 0.217 bits per heavy atom. The molecule has 9 heteroatoms. The second kappa shape index (κ2) is 23.9. The molecule has 1 aliphatic carbocycles. The van der Waals surface area contributed by atoms with Crippen molar-refractivity contribution in [3.63, 3.8) is 0 Å². The number of fused-ring (bicyclic) bond motifs is 22. The third kappa shape index (κ3) is 9.23. The largest absolute Gasteiger partial charge is 0.456 e. The number of hydrogen-bond donors (Lipinski definition) is 0. The Bertz CT molecular complexity index is 8110. The zero-order valence-corrected chi connectivity index (χ0v) is 62.6. The highest BCUT2D eigenvalue weighted by Crippen LogP contribution is 2.52. The van der Waals surface area contributed by atoms with Crippen LogP contribution in [0, 0.1) is 0 Å². The highest BCUT2D eigenvalue weighted by Gasteiger charge is 2.37. The maximum atomic E-state index is 6.34. The summed E-state index contributed by atoms with van der Waals surface area (Å²) in [6.45, 7) is 4.71. The van der Waals surface area contributed by atoms with Gasteiger partial charge in [-0.1, -0.05) is 238 Å². The van der Waals surface area contributed by atoms with Gasteiger partial charge in [0.2, 0.25) is 11.9 Å². The van der Waals surface area contributed by atoms with Crippen LogP contribution >= 0.6 is 0 Å². The number of benzene rings is 17. The van der Waals surface area contributed by atoms with Crippen LogP contribution in [-0.4, -0.2) is 37.8 Å². The second-order valence-corrected chi connectivity index (χ2v) is 31.4. The molecule has 9 nitrogen and oxygen atoms in total. The third-order valence-corrected chi connectivity index (χ3v) is 25.0. The molecular formula is C106H66N8O. The van der Waals surface area contributed by atoms with Gasteiger partial charge < -0.3 is 18.1 Å². The van der Waals surface area contributed by atoms with Gasteiger partial charge in [0.25, 0.3) is 0 Å². The van der Waals surface area contributed by atoms with Crippen LogP contribution in [0.1, 0.15) is 25.0 Å². The first kappa shape index (κ1) is 63.6. The summed E-state index contributed by atoms with van der Waals surface area (Å²) in [5, 5.41) is 15.8. The lowest BCUT2D eigenvalue weighted by molar-refractivity contribution is 0.661. The van der Waals surface area contributed by atoms with E-state index >= 15 is 0 Å². The van der Waals surface area contributed by atoms with Crippen molar-refractivity contribution < 1.29 is 4.42 Å². The minimum absolute atomic E-state index is 0.267. The van der Waals surface area contributed by atoms with Crippen LogP contribution in [0.3, 0.4) is 0 Å². The highest BCUT2D eigenvalue weighted by molar-refractivity contribution is 6.18. The molecule has 24 aromatic rings. The van der Waals surface area contributed by atoms with E-state index < -0.39 is 0 Å². The molecule has 0 fully saturated rings. The molecule has 536 valence electrons. The molecule has 25 rings (SSSR count). The van der Waals surface area contributed by atoms with Gasteiger partial charge in [0.1, 0.15) is 11.2 Å². The van der Waals surface area contributed by atoms with E-state index in [1.165, 1.54) is 54.8 Å². The number of para-hydroxylation sites is 7. The van der Waals surface area contributed by atoms with Crippen molar-refractivity contribution in [1.82, 2.24) is 37.8 Å². The van der Waals surface area contributed by atoms with Crippen molar-refractivity contribution in [2.45, 2.75) is 19.3 Å². The van der Waals surface area contributed by atoms with Gasteiger partial charge in [-0.15, -0.1) is 0 Å². The predicted octanol–water partition coefficient (Wildman–Crippen LogP) is 27.4. The average Bonchev–Trinajstić information content (AvgIpc) is 1.57. The molecule has 0 saturated carbocycles. The minimum Gasteiger partial charge on any atom is -0.456 e. The molecule has 0 N–H and O–H groups in total. The van der Waals surface area contributed by atoms with E-state index in [9.17, 15) is 0 Å². The second-order valence-electron chi connectivity index (χ2n) is 31.4. The molecular weight excluding hydrogens is 1400 g/mol. The quantitative estimate of drug-likeness (QED) is 0.144. The lowest BCUT2D eigenvalue weighted by Gasteiger charge is -2.21. The smallest absolute Gasteiger partial charge is 0.240 e. The standard InChI is InChI=1S/C106H66N8O/c1-106(2)88-35-17-11-28-72(88)82-61-86-77-33-15-21-39-93(77)114(100(86)62-89(82)106)105-108-103(107-104(109-105)113-92-38-20-14-32-76(92)85-55-63(45-52-97(85)113)66-46-54-102-87(58-66)80-34-16-22-40-101(80)115-102)81-49-53-94(73-29-10-9-27-71(73)81)112-98-59-67(64-43-50-95-83(56-64)74-30-12-18-36-90(74)110(95)69-23-5-3-6-24-69)41-47-78(98)79-48-42-68(60-99(79)112)65-44-51-96-84(57-65)75-31-13-19-37-91(75)111(96)70-25-7-4-8-26-70/h3-62H,1-2H3. The van der Waals surface area contributed by atoms with Crippen LogP contribution in [0.4, 0.5) is 0 Å². The third-order valence-electron chi connectivity index (χ3n) is 25.0. The van der Waals surface area contributed by atoms with Gasteiger partial charge in [-0.05, 0) is 201 Å². The first-order chi connectivity index (χ1) is 56.8. The fraction of sp³-hybridized carbons (Fsp3) is 0.0283. The molecule has 115 heavy (non-hydrogen) atoms. The SMILES string of the molecule is CC1(C)c2ccccc2-c2cc3c4ccccc4n(-c4nc(-c5ccc(-n6c7cc(-c8ccc9c(c8)c8ccccc8n9-c8ccccc8)ccc7c7ccc(-c8ccc9c(c8)c8ccccc8n9-c8ccccc8)cc76)c6ccccc56)nc(-n5c6ccccc6c6cc(-c7ccc8oc9ccccc9c8c7)ccc65)n4)c3cc21. The van der Waals surface area contributed by atoms with Crippen molar-refractivity contribution in [2.24, 2.45) is 0 Å². The van der Waals surface area contributed by atoms with Gasteiger partial charge in [0.15, 0.2) is 5.82 Å². The van der Waals surface area contributed by atoms with Crippen LogP contribution in [-0.2, 0) is 5.41 Å². The molecule has 1 aliphatic rings. The summed E-state index contributed by atoms with van der Waals surface area (Å²) < 4.78 is 18.2. The predicted molar refractivity (Wildman–Crippen MR) is 476 cm³/mol. The van der Waals surface area contributed by atoms with Gasteiger partial charge in [-0.3, -0.25) is 9.13 Å². The van der Waals surface area contributed by atoms with Crippen LogP contribution < -0.4 is 0 Å². The molecule has 7 heterocycles. The summed E-state index contributed by atoms with van der Waals surface area (Å²) in [6.07, 6.45) is 0. The average molecular weight is 1470 g/mol. The van der Waals surface area contributed by atoms with Crippen molar-refractivity contribution >= 4 is 142 Å². The van der Waals surface area contributed by atoms with E-state index in [0.29, 0.717) is 17.7 Å². The first-order valence-electron chi connectivity index (χ1n) is 39.5. The first-order valence-corrected chi connectivity index (χ1v) is 39.5. The zero-order valence-electron chi connectivity index (χ0n) is 62.6. The molecule has 0 aliphatic heterocycles. The van der Waals surface area contributed by atoms with E-state index in [1.807, 2.05) is 12.1 Å². The van der Waals surface area contributed by atoms with E-state index in [0.717, 1.165) is 165 Å². The van der Waals surface area contributed by atoms with Gasteiger partial charge in [-0.25, -0.2) is 0 Å². The summed E-state index contributed by atoms with van der Waals surface area (Å²) in [5.41, 5.74) is 28.4. The number of nitrogens with zero attached hydrogens (tertiary/aromatic N) is 8. The molecule has 0 atom stereocenters. The Kier molecular flexibility index (Phi) is 13.2. The van der Waals surface area contributed by atoms with E-state index in [-0.39, 0.29) is 5.41 Å². The number of furan rings is 1. The summed E-state index contributed by atoms with van der Waals surface area (Å²) in [6, 6.07) is 133. The molecule has 0 saturated heterocycles. The zero-order chi connectivity index (χ0) is 75.5. The Morgan fingerprint density at radius 3 is 1.16 bits per heavy atom. The normalized spacial score (nSPS) is 12.9. The monoisotopic (exact) mass is 1470 g/mol. The fourth-order valence-electron chi connectivity index (χ4n) is 19.7. The minimum atomic E-state index is -0.267. The van der Waals surface area contributed by atoms with Crippen LogP contribution in [0.25, 0.3) is 227 Å². The Labute approximate surface area is 659 Å². The van der Waals surface area contributed by atoms with Gasteiger partial charge in [0, 0.05) is 92.4 Å².